The van der Waals surface area contributed by atoms with Gasteiger partial charge in [0, 0.05) is 17.0 Å². The molecule has 1 aromatic carbocycles. The number of thiazole rings is 1. The van der Waals surface area contributed by atoms with Gasteiger partial charge in [-0.1, -0.05) is 0 Å². The second-order valence-electron chi connectivity index (χ2n) is 5.28. The van der Waals surface area contributed by atoms with Gasteiger partial charge in [-0.05, 0) is 48.9 Å². The molecule has 4 nitrogen and oxygen atoms in total. The predicted molar refractivity (Wildman–Crippen MR) is 97.7 cm³/mol. The van der Waals surface area contributed by atoms with E-state index in [4.69, 9.17) is 4.42 Å². The third-order valence-electron chi connectivity index (χ3n) is 3.68. The third-order valence-corrected chi connectivity index (χ3v) is 5.63. The van der Waals surface area contributed by atoms with Gasteiger partial charge in [0.2, 0.25) is 0 Å². The van der Waals surface area contributed by atoms with Crippen LogP contribution in [0.4, 0.5) is 0 Å². The zero-order valence-corrected chi connectivity index (χ0v) is 14.3. The van der Waals surface area contributed by atoms with Gasteiger partial charge < -0.3 is 9.73 Å². The summed E-state index contributed by atoms with van der Waals surface area (Å²) in [6.07, 6.45) is 2.48. The highest BCUT2D eigenvalue weighted by Gasteiger charge is 2.08. The second kappa shape index (κ2) is 6.59. The van der Waals surface area contributed by atoms with Crippen LogP contribution in [-0.4, -0.2) is 17.4 Å². The molecule has 24 heavy (non-hydrogen) atoms. The van der Waals surface area contributed by atoms with Crippen molar-refractivity contribution in [1.29, 1.82) is 0 Å². The number of benzene rings is 1. The Morgan fingerprint density at radius 3 is 3.04 bits per heavy atom. The number of fused-ring (bicyclic) bond motifs is 1. The van der Waals surface area contributed by atoms with Crippen LogP contribution in [0.2, 0.25) is 0 Å². The number of rotatable bonds is 5. The molecule has 120 valence electrons. The van der Waals surface area contributed by atoms with Crippen LogP contribution in [0.5, 0.6) is 0 Å². The van der Waals surface area contributed by atoms with Gasteiger partial charge in [0.05, 0.1) is 26.9 Å². The van der Waals surface area contributed by atoms with Gasteiger partial charge in [-0.15, -0.1) is 22.7 Å². The first-order valence-corrected chi connectivity index (χ1v) is 9.23. The fourth-order valence-electron chi connectivity index (χ4n) is 2.46. The van der Waals surface area contributed by atoms with E-state index >= 15 is 0 Å². The molecule has 1 amide bonds. The molecule has 0 aliphatic carbocycles. The number of carbonyl (C=O) groups is 1. The molecule has 0 fully saturated rings. The van der Waals surface area contributed by atoms with Crippen molar-refractivity contribution < 1.29 is 9.21 Å². The second-order valence-corrected chi connectivity index (χ2v) is 7.34. The van der Waals surface area contributed by atoms with Crippen LogP contribution in [0.3, 0.4) is 0 Å². The number of nitrogens with zero attached hydrogens (tertiary/aromatic N) is 1. The van der Waals surface area contributed by atoms with Gasteiger partial charge in [-0.25, -0.2) is 4.98 Å². The van der Waals surface area contributed by atoms with Gasteiger partial charge in [0.25, 0.3) is 5.91 Å². The number of furan rings is 1. The molecule has 0 radical (unpaired) electrons. The molecular formula is C18H14N2O2S2. The lowest BCUT2D eigenvalue weighted by atomic mass is 10.2. The van der Waals surface area contributed by atoms with E-state index in [9.17, 15) is 4.79 Å². The Morgan fingerprint density at radius 1 is 1.21 bits per heavy atom. The summed E-state index contributed by atoms with van der Waals surface area (Å²) in [5, 5.41) is 2.98. The highest BCUT2D eigenvalue weighted by molar-refractivity contribution is 7.16. The monoisotopic (exact) mass is 354 g/mol. The van der Waals surface area contributed by atoms with Crippen molar-refractivity contribution in [2.75, 3.05) is 6.54 Å². The van der Waals surface area contributed by atoms with Crippen molar-refractivity contribution in [2.45, 2.75) is 6.42 Å². The smallest absolute Gasteiger partial charge is 0.251 e. The van der Waals surface area contributed by atoms with Gasteiger partial charge in [-0.3, -0.25) is 4.79 Å². The van der Waals surface area contributed by atoms with Gasteiger partial charge in [0.1, 0.15) is 5.76 Å². The summed E-state index contributed by atoms with van der Waals surface area (Å²) < 4.78 is 6.43. The van der Waals surface area contributed by atoms with Crippen molar-refractivity contribution in [3.8, 4) is 10.6 Å². The van der Waals surface area contributed by atoms with E-state index in [1.165, 1.54) is 4.88 Å². The van der Waals surface area contributed by atoms with Crippen LogP contribution in [0.15, 0.2) is 58.7 Å². The lowest BCUT2D eigenvalue weighted by Crippen LogP contribution is -2.25. The van der Waals surface area contributed by atoms with E-state index < -0.39 is 0 Å². The van der Waals surface area contributed by atoms with Crippen LogP contribution in [0.25, 0.3) is 20.9 Å². The summed E-state index contributed by atoms with van der Waals surface area (Å²) in [5.41, 5.74) is 3.40. The summed E-state index contributed by atoms with van der Waals surface area (Å²) in [5.74, 6) is 0.834. The quantitative estimate of drug-likeness (QED) is 0.570. The molecule has 4 aromatic rings. The minimum Gasteiger partial charge on any atom is -0.464 e. The van der Waals surface area contributed by atoms with E-state index in [-0.39, 0.29) is 5.91 Å². The van der Waals surface area contributed by atoms with Crippen LogP contribution in [0, 0.1) is 0 Å². The maximum Gasteiger partial charge on any atom is 0.251 e. The normalized spacial score (nSPS) is 11.0. The Hall–Kier alpha value is -2.44. The minimum absolute atomic E-state index is 0.0480. The highest BCUT2D eigenvalue weighted by atomic mass is 32.1. The fraction of sp³-hybridized carbons (Fsp3) is 0.111. The highest BCUT2D eigenvalue weighted by Crippen LogP contribution is 2.28. The molecule has 0 spiro atoms. The lowest BCUT2D eigenvalue weighted by Gasteiger charge is -2.04. The van der Waals surface area contributed by atoms with Crippen molar-refractivity contribution in [1.82, 2.24) is 10.3 Å². The van der Waals surface area contributed by atoms with Crippen LogP contribution >= 0.6 is 22.7 Å². The van der Waals surface area contributed by atoms with Crippen LogP contribution < -0.4 is 5.32 Å². The average Bonchev–Trinajstić information content (AvgIpc) is 3.34. The first kappa shape index (κ1) is 15.1. The minimum atomic E-state index is -0.0480. The van der Waals surface area contributed by atoms with E-state index in [2.05, 4.69) is 22.4 Å². The first-order valence-electron chi connectivity index (χ1n) is 7.53. The van der Waals surface area contributed by atoms with Crippen molar-refractivity contribution in [2.24, 2.45) is 0 Å². The molecule has 0 bridgehead atoms. The Kier molecular flexibility index (Phi) is 4.15. The molecule has 0 aliphatic heterocycles. The van der Waals surface area contributed by atoms with E-state index in [0.29, 0.717) is 12.1 Å². The van der Waals surface area contributed by atoms with Crippen LogP contribution in [-0.2, 0) is 6.42 Å². The van der Waals surface area contributed by atoms with E-state index in [1.807, 2.05) is 30.3 Å². The molecule has 0 aliphatic rings. The summed E-state index contributed by atoms with van der Waals surface area (Å²) in [6, 6.07) is 13.6. The number of aromatic nitrogens is 1. The van der Waals surface area contributed by atoms with E-state index in [1.54, 1.807) is 34.4 Å². The molecule has 1 N–H and O–H groups in total. The maximum absolute atomic E-state index is 12.3. The summed E-state index contributed by atoms with van der Waals surface area (Å²) in [4.78, 5) is 18.8. The number of amides is 1. The van der Waals surface area contributed by atoms with Crippen molar-refractivity contribution >= 4 is 38.8 Å². The van der Waals surface area contributed by atoms with Crippen LogP contribution in [0.1, 0.15) is 15.2 Å². The fourth-order valence-corrected chi connectivity index (χ4v) is 4.15. The largest absolute Gasteiger partial charge is 0.464 e. The number of thiophene rings is 1. The molecule has 0 saturated heterocycles. The summed E-state index contributed by atoms with van der Waals surface area (Å²) >= 11 is 3.23. The van der Waals surface area contributed by atoms with Gasteiger partial charge >= 0.3 is 0 Å². The Bertz CT molecular complexity index is 970. The molecular weight excluding hydrogens is 340 g/mol. The molecule has 3 heterocycles. The standard InChI is InChI=1S/C18H14N2O2S2/c21-18(12-3-5-14-17(10-12)23-11-20-14)19-8-7-13-4-6-16(24-13)15-2-1-9-22-15/h1-6,9-11H,7-8H2,(H,19,21). The molecule has 3 aromatic heterocycles. The molecule has 6 heteroatoms. The summed E-state index contributed by atoms with van der Waals surface area (Å²) in [7, 11) is 0. The number of hydrogen-bond donors (Lipinski definition) is 1. The van der Waals surface area contributed by atoms with Gasteiger partial charge in [-0.2, -0.15) is 0 Å². The molecule has 0 atom stereocenters. The number of carbonyl (C=O) groups excluding carboxylic acids is 1. The van der Waals surface area contributed by atoms with Crippen molar-refractivity contribution in [3.05, 3.63) is 64.7 Å². The Labute approximate surface area is 146 Å². The van der Waals surface area contributed by atoms with Crippen molar-refractivity contribution in [3.63, 3.8) is 0 Å². The Balaban J connectivity index is 1.36. The summed E-state index contributed by atoms with van der Waals surface area (Å²) in [6.45, 7) is 0.609. The lowest BCUT2D eigenvalue weighted by molar-refractivity contribution is 0.0954. The Morgan fingerprint density at radius 2 is 2.17 bits per heavy atom. The number of nitrogens with one attached hydrogen (secondary N) is 1. The zero-order valence-electron chi connectivity index (χ0n) is 12.7. The SMILES string of the molecule is O=C(NCCc1ccc(-c2ccco2)s1)c1ccc2ncsc2c1. The first-order chi connectivity index (χ1) is 11.8. The van der Waals surface area contributed by atoms with E-state index in [0.717, 1.165) is 27.3 Å². The maximum atomic E-state index is 12.3. The molecule has 0 saturated carbocycles. The average molecular weight is 354 g/mol. The van der Waals surface area contributed by atoms with Gasteiger partial charge in [0.15, 0.2) is 0 Å². The molecule has 0 unspecified atom stereocenters. The topological polar surface area (TPSA) is 55.1 Å². The zero-order chi connectivity index (χ0) is 16.4. The number of hydrogen-bond acceptors (Lipinski definition) is 5. The third kappa shape index (κ3) is 3.11. The molecule has 4 rings (SSSR count). The predicted octanol–water partition coefficient (Wildman–Crippen LogP) is 4.59.